The third-order valence-corrected chi connectivity index (χ3v) is 2.53. The molecular formula is C11H17N3O5. The molecule has 8 nitrogen and oxygen atoms in total. The van der Waals surface area contributed by atoms with Gasteiger partial charge in [-0.25, -0.2) is 4.79 Å². The number of hydrogen-bond donors (Lipinski definition) is 3. The van der Waals surface area contributed by atoms with Crippen LogP contribution in [0.2, 0.25) is 0 Å². The van der Waals surface area contributed by atoms with Crippen molar-refractivity contribution in [3.63, 3.8) is 0 Å². The molecular weight excluding hydrogens is 254 g/mol. The number of nitrogens with one attached hydrogen (secondary N) is 2. The summed E-state index contributed by atoms with van der Waals surface area (Å²) in [6.45, 7) is 4.23. The number of imide groups is 1. The molecule has 0 radical (unpaired) electrons. The summed E-state index contributed by atoms with van der Waals surface area (Å²) in [7, 11) is 0. The zero-order valence-electron chi connectivity index (χ0n) is 10.4. The second-order valence-electron chi connectivity index (χ2n) is 3.95. The summed E-state index contributed by atoms with van der Waals surface area (Å²) >= 11 is 0. The zero-order chi connectivity index (χ0) is 14.3. The van der Waals surface area contributed by atoms with Gasteiger partial charge in [-0.15, -0.1) is 6.58 Å². The number of carboxylic acid groups (broad SMARTS) is 1. The number of ether oxygens (including phenoxy) is 1. The van der Waals surface area contributed by atoms with Crippen LogP contribution in [-0.2, 0) is 14.3 Å². The van der Waals surface area contributed by atoms with Gasteiger partial charge in [-0.05, 0) is 0 Å². The van der Waals surface area contributed by atoms with E-state index in [1.165, 1.54) is 11.0 Å². The van der Waals surface area contributed by atoms with E-state index in [0.29, 0.717) is 13.2 Å². The highest BCUT2D eigenvalue weighted by molar-refractivity contribution is 5.95. The number of carbonyl (C=O) groups excluding carboxylic acids is 2. The molecule has 0 aromatic carbocycles. The third-order valence-electron chi connectivity index (χ3n) is 2.53. The van der Waals surface area contributed by atoms with Crippen molar-refractivity contribution in [3.05, 3.63) is 12.7 Å². The number of hydrogen-bond acceptors (Lipinski definition) is 5. The standard InChI is InChI=1S/C11H17N3O5/c1-2-3-12-11(18)13-9(15)6-14-4-5-19-7-8(14)10(16)17/h2,8H,1,3-7H2,(H,16,17)(H2,12,13,15,18). The number of carboxylic acids is 1. The second-order valence-corrected chi connectivity index (χ2v) is 3.95. The highest BCUT2D eigenvalue weighted by Crippen LogP contribution is 2.06. The van der Waals surface area contributed by atoms with Crippen LogP contribution in [0, 0.1) is 0 Å². The van der Waals surface area contributed by atoms with Crippen molar-refractivity contribution < 1.29 is 24.2 Å². The first-order chi connectivity index (χ1) is 9.04. The quantitative estimate of drug-likeness (QED) is 0.541. The van der Waals surface area contributed by atoms with Crippen LogP contribution in [0.15, 0.2) is 12.7 Å². The molecule has 106 valence electrons. The van der Waals surface area contributed by atoms with Gasteiger partial charge in [-0.3, -0.25) is 19.8 Å². The lowest BCUT2D eigenvalue weighted by Gasteiger charge is -2.31. The van der Waals surface area contributed by atoms with E-state index in [0.717, 1.165) is 0 Å². The molecule has 0 aromatic rings. The average Bonchev–Trinajstić information content (AvgIpc) is 2.36. The number of aliphatic carboxylic acids is 1. The topological polar surface area (TPSA) is 108 Å². The predicted molar refractivity (Wildman–Crippen MR) is 65.6 cm³/mol. The normalized spacial score (nSPS) is 19.5. The highest BCUT2D eigenvalue weighted by atomic mass is 16.5. The maximum Gasteiger partial charge on any atom is 0.323 e. The molecule has 0 aliphatic carbocycles. The molecule has 0 aromatic heterocycles. The molecule has 8 heteroatoms. The molecule has 1 rings (SSSR count). The van der Waals surface area contributed by atoms with E-state index in [2.05, 4.69) is 17.2 Å². The van der Waals surface area contributed by atoms with Crippen molar-refractivity contribution >= 4 is 17.9 Å². The van der Waals surface area contributed by atoms with Gasteiger partial charge in [-0.2, -0.15) is 0 Å². The van der Waals surface area contributed by atoms with Gasteiger partial charge in [0.2, 0.25) is 5.91 Å². The van der Waals surface area contributed by atoms with Crippen LogP contribution in [0.5, 0.6) is 0 Å². The van der Waals surface area contributed by atoms with Gasteiger partial charge in [-0.1, -0.05) is 6.08 Å². The van der Waals surface area contributed by atoms with Crippen LogP contribution >= 0.6 is 0 Å². The van der Waals surface area contributed by atoms with E-state index in [9.17, 15) is 14.4 Å². The molecule has 1 aliphatic rings. The lowest BCUT2D eigenvalue weighted by atomic mass is 10.2. The minimum atomic E-state index is -1.05. The maximum absolute atomic E-state index is 11.6. The molecule has 1 unspecified atom stereocenters. The number of urea groups is 1. The second kappa shape index (κ2) is 7.49. The van der Waals surface area contributed by atoms with Gasteiger partial charge in [0.1, 0.15) is 6.04 Å². The van der Waals surface area contributed by atoms with E-state index in [1.54, 1.807) is 0 Å². The lowest BCUT2D eigenvalue weighted by molar-refractivity contribution is -0.150. The maximum atomic E-state index is 11.6. The Morgan fingerprint density at radius 1 is 1.47 bits per heavy atom. The summed E-state index contributed by atoms with van der Waals surface area (Å²) in [6, 6.07) is -1.50. The predicted octanol–water partition coefficient (Wildman–Crippen LogP) is -1.22. The Labute approximate surface area is 110 Å². The van der Waals surface area contributed by atoms with Crippen molar-refractivity contribution in [2.45, 2.75) is 6.04 Å². The SMILES string of the molecule is C=CCNC(=O)NC(=O)CN1CCOCC1C(=O)O. The molecule has 1 atom stereocenters. The summed E-state index contributed by atoms with van der Waals surface area (Å²) in [4.78, 5) is 35.2. The van der Waals surface area contributed by atoms with Crippen LogP contribution in [0.25, 0.3) is 0 Å². The Morgan fingerprint density at radius 2 is 2.21 bits per heavy atom. The Bertz CT molecular complexity index is 371. The van der Waals surface area contributed by atoms with Crippen molar-refractivity contribution in [2.75, 3.05) is 32.8 Å². The Balaban J connectivity index is 2.43. The van der Waals surface area contributed by atoms with E-state index < -0.39 is 23.9 Å². The van der Waals surface area contributed by atoms with Gasteiger partial charge in [0.15, 0.2) is 0 Å². The summed E-state index contributed by atoms with van der Waals surface area (Å²) < 4.78 is 5.04. The van der Waals surface area contributed by atoms with E-state index in [1.807, 2.05) is 0 Å². The molecule has 0 spiro atoms. The van der Waals surface area contributed by atoms with E-state index >= 15 is 0 Å². The molecule has 0 bridgehead atoms. The monoisotopic (exact) mass is 271 g/mol. The molecule has 3 amide bonds. The molecule has 0 saturated carbocycles. The number of nitrogens with zero attached hydrogens (tertiary/aromatic N) is 1. The lowest BCUT2D eigenvalue weighted by Crippen LogP contribution is -2.54. The van der Waals surface area contributed by atoms with Gasteiger partial charge < -0.3 is 15.2 Å². The van der Waals surface area contributed by atoms with Gasteiger partial charge in [0, 0.05) is 13.1 Å². The molecule has 1 heterocycles. The first-order valence-corrected chi connectivity index (χ1v) is 5.77. The van der Waals surface area contributed by atoms with Gasteiger partial charge in [0.25, 0.3) is 0 Å². The van der Waals surface area contributed by atoms with E-state index in [-0.39, 0.29) is 19.7 Å². The summed E-state index contributed by atoms with van der Waals surface area (Å²) in [5.74, 6) is -1.61. The zero-order valence-corrected chi connectivity index (χ0v) is 10.4. The molecule has 3 N–H and O–H groups in total. The largest absolute Gasteiger partial charge is 0.480 e. The summed E-state index contributed by atoms with van der Waals surface area (Å²) in [5.41, 5.74) is 0. The molecule has 1 saturated heterocycles. The van der Waals surface area contributed by atoms with Crippen LogP contribution in [0.1, 0.15) is 0 Å². The summed E-state index contributed by atoms with van der Waals surface area (Å²) in [6.07, 6.45) is 1.48. The third kappa shape index (κ3) is 5.06. The Hall–Kier alpha value is -1.93. The van der Waals surface area contributed by atoms with E-state index in [4.69, 9.17) is 9.84 Å². The number of rotatable bonds is 5. The van der Waals surface area contributed by atoms with Crippen LogP contribution in [-0.4, -0.2) is 66.8 Å². The van der Waals surface area contributed by atoms with Gasteiger partial charge in [0.05, 0.1) is 19.8 Å². The van der Waals surface area contributed by atoms with Crippen LogP contribution in [0.3, 0.4) is 0 Å². The minimum absolute atomic E-state index is 0.0330. The first kappa shape index (κ1) is 15.1. The number of amides is 3. The van der Waals surface area contributed by atoms with Crippen LogP contribution in [0.4, 0.5) is 4.79 Å². The Kier molecular flexibility index (Phi) is 5.97. The minimum Gasteiger partial charge on any atom is -0.480 e. The highest BCUT2D eigenvalue weighted by Gasteiger charge is 2.30. The number of carbonyl (C=O) groups is 3. The van der Waals surface area contributed by atoms with Crippen molar-refractivity contribution in [1.29, 1.82) is 0 Å². The van der Waals surface area contributed by atoms with Crippen LogP contribution < -0.4 is 10.6 Å². The molecule has 19 heavy (non-hydrogen) atoms. The van der Waals surface area contributed by atoms with Gasteiger partial charge >= 0.3 is 12.0 Å². The first-order valence-electron chi connectivity index (χ1n) is 5.77. The summed E-state index contributed by atoms with van der Waals surface area (Å²) in [5, 5.41) is 13.5. The fraction of sp³-hybridized carbons (Fsp3) is 0.545. The Morgan fingerprint density at radius 3 is 2.84 bits per heavy atom. The average molecular weight is 271 g/mol. The molecule has 1 fully saturated rings. The smallest absolute Gasteiger partial charge is 0.323 e. The fourth-order valence-electron chi connectivity index (χ4n) is 1.61. The fourth-order valence-corrected chi connectivity index (χ4v) is 1.61. The van der Waals surface area contributed by atoms with Crippen molar-refractivity contribution in [2.24, 2.45) is 0 Å². The number of morpholine rings is 1. The van der Waals surface area contributed by atoms with Crippen molar-refractivity contribution in [1.82, 2.24) is 15.5 Å². The molecule has 1 aliphatic heterocycles. The van der Waals surface area contributed by atoms with Crippen molar-refractivity contribution in [3.8, 4) is 0 Å².